The summed E-state index contributed by atoms with van der Waals surface area (Å²) in [5.41, 5.74) is 5.63. The summed E-state index contributed by atoms with van der Waals surface area (Å²) in [5, 5.41) is 8.58. The number of nitrogens with one attached hydrogen (secondary N) is 1. The first kappa shape index (κ1) is 27.3. The third-order valence-electron chi connectivity index (χ3n) is 6.51. The highest BCUT2D eigenvalue weighted by Gasteiger charge is 2.40. The Hall–Kier alpha value is -2.77. The molecule has 0 spiro atoms. The van der Waals surface area contributed by atoms with Gasteiger partial charge in [-0.25, -0.2) is 4.68 Å². The van der Waals surface area contributed by atoms with E-state index in [1.165, 1.54) is 0 Å². The molecule has 2 heterocycles. The Labute approximate surface area is 228 Å². The van der Waals surface area contributed by atoms with Gasteiger partial charge in [0.25, 0.3) is 0 Å². The lowest BCUT2D eigenvalue weighted by Crippen LogP contribution is -2.44. The van der Waals surface area contributed by atoms with Gasteiger partial charge in [-0.2, -0.15) is 5.10 Å². The Kier molecular flexibility index (Phi) is 7.77. The monoisotopic (exact) mass is 538 g/mol. The van der Waals surface area contributed by atoms with Gasteiger partial charge < -0.3 is 5.32 Å². The van der Waals surface area contributed by atoms with E-state index in [9.17, 15) is 9.59 Å². The van der Waals surface area contributed by atoms with Crippen LogP contribution in [0.15, 0.2) is 42.5 Å². The van der Waals surface area contributed by atoms with Crippen molar-refractivity contribution in [1.82, 2.24) is 15.1 Å². The van der Waals surface area contributed by atoms with Crippen LogP contribution < -0.4 is 10.2 Å². The number of carbonyl (C=O) groups is 2. The number of thioether (sulfide) groups is 1. The van der Waals surface area contributed by atoms with Crippen molar-refractivity contribution >= 4 is 41.0 Å². The highest BCUT2D eigenvalue weighted by Crippen LogP contribution is 2.48. The number of benzene rings is 2. The van der Waals surface area contributed by atoms with Crippen LogP contribution in [-0.4, -0.2) is 39.9 Å². The summed E-state index contributed by atoms with van der Waals surface area (Å²) in [6, 6.07) is 13.8. The molecule has 1 atom stereocenters. The minimum atomic E-state index is -0.316. The molecule has 3 aromatic rings. The van der Waals surface area contributed by atoms with Gasteiger partial charge in [0, 0.05) is 22.0 Å². The van der Waals surface area contributed by atoms with Crippen LogP contribution in [0.1, 0.15) is 67.8 Å². The van der Waals surface area contributed by atoms with Gasteiger partial charge in [-0.3, -0.25) is 14.5 Å². The van der Waals surface area contributed by atoms with Gasteiger partial charge in [-0.15, -0.1) is 11.8 Å². The summed E-state index contributed by atoms with van der Waals surface area (Å²) in [4.78, 5) is 28.3. The third kappa shape index (κ3) is 5.58. The smallest absolute Gasteiger partial charge is 0.240 e. The number of aromatic nitrogens is 2. The number of rotatable bonds is 5. The summed E-state index contributed by atoms with van der Waals surface area (Å²) < 4.78 is 1.88. The fraction of sp³-hybridized carbons (Fsp3) is 0.414. The molecule has 1 aromatic heterocycles. The molecule has 0 aliphatic carbocycles. The molecule has 0 radical (unpaired) electrons. The zero-order chi connectivity index (χ0) is 27.1. The van der Waals surface area contributed by atoms with Crippen LogP contribution in [0, 0.1) is 13.8 Å². The predicted molar refractivity (Wildman–Crippen MR) is 153 cm³/mol. The Morgan fingerprint density at radius 3 is 2.54 bits per heavy atom. The molecular formula is C29H35ClN4O2S. The first-order chi connectivity index (χ1) is 17.4. The number of hydrogen-bond donors (Lipinski definition) is 1. The van der Waals surface area contributed by atoms with E-state index >= 15 is 0 Å². The van der Waals surface area contributed by atoms with Crippen LogP contribution in [0.3, 0.4) is 0 Å². The number of amides is 2. The molecule has 1 aliphatic rings. The molecule has 4 rings (SSSR count). The quantitative estimate of drug-likeness (QED) is 0.424. The van der Waals surface area contributed by atoms with E-state index in [1.54, 1.807) is 16.7 Å². The summed E-state index contributed by atoms with van der Waals surface area (Å²) in [6.07, 6.45) is 0. The second-order valence-corrected chi connectivity index (χ2v) is 12.4. The summed E-state index contributed by atoms with van der Waals surface area (Å²) in [7, 11) is 0. The normalized spacial score (nSPS) is 16.1. The Bertz CT molecular complexity index is 1340. The number of halogens is 1. The number of nitrogens with zero attached hydrogens (tertiary/aromatic N) is 3. The van der Waals surface area contributed by atoms with Gasteiger partial charge in [0.2, 0.25) is 11.8 Å². The Morgan fingerprint density at radius 2 is 1.89 bits per heavy atom. The molecule has 1 aliphatic heterocycles. The maximum absolute atomic E-state index is 13.7. The van der Waals surface area contributed by atoms with Crippen molar-refractivity contribution in [2.75, 3.05) is 17.2 Å². The molecule has 0 unspecified atom stereocenters. The number of aryl methyl sites for hydroxylation is 1. The number of carbonyl (C=O) groups excluding carboxylic acids is 2. The third-order valence-corrected chi connectivity index (χ3v) is 8.00. The van der Waals surface area contributed by atoms with Crippen molar-refractivity contribution in [3.05, 3.63) is 75.4 Å². The van der Waals surface area contributed by atoms with Gasteiger partial charge in [0.15, 0.2) is 0 Å². The molecule has 1 N–H and O–H groups in total. The fourth-order valence-electron chi connectivity index (χ4n) is 4.65. The van der Waals surface area contributed by atoms with Gasteiger partial charge >= 0.3 is 0 Å². The average molecular weight is 539 g/mol. The van der Waals surface area contributed by atoms with Crippen LogP contribution in [-0.2, 0) is 15.0 Å². The molecular weight excluding hydrogens is 504 g/mol. The van der Waals surface area contributed by atoms with Crippen molar-refractivity contribution in [3.63, 3.8) is 0 Å². The summed E-state index contributed by atoms with van der Waals surface area (Å²) in [5.74, 6) is 0.558. The van der Waals surface area contributed by atoms with Crippen molar-refractivity contribution in [1.29, 1.82) is 0 Å². The fourth-order valence-corrected chi connectivity index (χ4v) is 6.04. The SMILES string of the molecule is Cc1cccc(-n2nc(C(C)(C)C)c3c2N(CC(=O)NC(C)C)C(=O)CS[C@@H]3c2cccc(Cl)c2)c1C. The van der Waals surface area contributed by atoms with Gasteiger partial charge in [0.05, 0.1) is 22.4 Å². The average Bonchev–Trinajstić information content (AvgIpc) is 3.13. The number of hydrogen-bond acceptors (Lipinski definition) is 4. The minimum absolute atomic E-state index is 0.0308. The molecule has 2 aromatic carbocycles. The molecule has 0 saturated carbocycles. The van der Waals surface area contributed by atoms with Crippen molar-refractivity contribution in [2.45, 2.75) is 65.2 Å². The lowest BCUT2D eigenvalue weighted by atomic mass is 9.87. The second-order valence-electron chi connectivity index (χ2n) is 10.9. The van der Waals surface area contributed by atoms with Crippen LogP contribution in [0.25, 0.3) is 5.69 Å². The van der Waals surface area contributed by atoms with Gasteiger partial charge in [-0.05, 0) is 62.6 Å². The van der Waals surface area contributed by atoms with Crippen LogP contribution in [0.2, 0.25) is 5.02 Å². The first-order valence-electron chi connectivity index (χ1n) is 12.5. The maximum atomic E-state index is 13.7. The van der Waals surface area contributed by atoms with Crippen LogP contribution in [0.5, 0.6) is 0 Å². The van der Waals surface area contributed by atoms with Crippen LogP contribution in [0.4, 0.5) is 5.82 Å². The molecule has 0 bridgehead atoms. The molecule has 37 heavy (non-hydrogen) atoms. The van der Waals surface area contributed by atoms with E-state index in [0.29, 0.717) is 10.8 Å². The zero-order valence-corrected chi connectivity index (χ0v) is 24.1. The van der Waals surface area contributed by atoms with Gasteiger partial charge in [-0.1, -0.05) is 56.6 Å². The largest absolute Gasteiger partial charge is 0.352 e. The van der Waals surface area contributed by atoms with E-state index in [1.807, 2.05) is 54.9 Å². The second kappa shape index (κ2) is 10.5. The summed E-state index contributed by atoms with van der Waals surface area (Å²) >= 11 is 7.97. The van der Waals surface area contributed by atoms with Gasteiger partial charge in [0.1, 0.15) is 12.4 Å². The Morgan fingerprint density at radius 1 is 1.19 bits per heavy atom. The van der Waals surface area contributed by atoms with E-state index in [2.05, 4.69) is 46.0 Å². The molecule has 2 amide bonds. The van der Waals surface area contributed by atoms with Crippen molar-refractivity contribution in [3.8, 4) is 5.69 Å². The number of anilines is 1. The van der Waals surface area contributed by atoms with E-state index in [4.69, 9.17) is 16.7 Å². The van der Waals surface area contributed by atoms with Crippen molar-refractivity contribution < 1.29 is 9.59 Å². The standard InChI is InChI=1S/C29H35ClN4O2S/c1-17(2)31-23(35)15-33-24(36)16-37-26(20-11-9-12-21(30)14-20)25-27(29(5,6)7)32-34(28(25)33)22-13-8-10-18(3)19(22)4/h8-14,17,26H,15-16H2,1-7H3,(H,31,35)/t26-/m1/s1. The maximum Gasteiger partial charge on any atom is 0.240 e. The van der Waals surface area contributed by atoms with Crippen molar-refractivity contribution in [2.24, 2.45) is 0 Å². The zero-order valence-electron chi connectivity index (χ0n) is 22.6. The van der Waals surface area contributed by atoms with E-state index < -0.39 is 0 Å². The summed E-state index contributed by atoms with van der Waals surface area (Å²) in [6.45, 7) is 14.3. The topological polar surface area (TPSA) is 67.2 Å². The lowest BCUT2D eigenvalue weighted by Gasteiger charge is -2.25. The molecule has 8 heteroatoms. The Balaban J connectivity index is 2.05. The minimum Gasteiger partial charge on any atom is -0.352 e. The predicted octanol–water partition coefficient (Wildman–Crippen LogP) is 6.13. The molecule has 196 valence electrons. The molecule has 0 fully saturated rings. The van der Waals surface area contributed by atoms with E-state index in [-0.39, 0.29) is 40.8 Å². The lowest BCUT2D eigenvalue weighted by molar-refractivity contribution is -0.123. The van der Waals surface area contributed by atoms with Crippen LogP contribution >= 0.6 is 23.4 Å². The highest BCUT2D eigenvalue weighted by molar-refractivity contribution is 8.00. The highest BCUT2D eigenvalue weighted by atomic mass is 35.5. The van der Waals surface area contributed by atoms with E-state index in [0.717, 1.165) is 33.6 Å². The molecule has 6 nitrogen and oxygen atoms in total. The molecule has 0 saturated heterocycles. The number of fused-ring (bicyclic) bond motifs is 1. The first-order valence-corrected chi connectivity index (χ1v) is 14.0.